The van der Waals surface area contributed by atoms with E-state index in [9.17, 15) is 27.9 Å². The van der Waals surface area contributed by atoms with E-state index in [0.29, 0.717) is 24.1 Å². The van der Waals surface area contributed by atoms with Crippen LogP contribution in [0, 0.1) is 6.92 Å². The van der Waals surface area contributed by atoms with Gasteiger partial charge in [0.2, 0.25) is 0 Å². The lowest BCUT2D eigenvalue weighted by Gasteiger charge is -2.25. The van der Waals surface area contributed by atoms with Gasteiger partial charge in [-0.1, -0.05) is 54.6 Å². The van der Waals surface area contributed by atoms with E-state index in [4.69, 9.17) is 0 Å². The monoisotopic (exact) mass is 610 g/mol. The molecule has 0 aliphatic carbocycles. The molecule has 0 saturated heterocycles. The molecule has 7 nitrogen and oxygen atoms in total. The molecule has 1 aromatic heterocycles. The van der Waals surface area contributed by atoms with Crippen molar-refractivity contribution in [2.24, 2.45) is 0 Å². The van der Waals surface area contributed by atoms with E-state index >= 15 is 0 Å². The number of carbonyl (C=O) groups excluding carboxylic acids is 2. The number of benzene rings is 3. The summed E-state index contributed by atoms with van der Waals surface area (Å²) in [6.45, 7) is 2.35. The first-order valence-corrected chi connectivity index (χ1v) is 14.5. The van der Waals surface area contributed by atoms with E-state index in [2.05, 4.69) is 15.6 Å². The predicted octanol–water partition coefficient (Wildman–Crippen LogP) is 5.23. The Kier molecular flexibility index (Phi) is 10.7. The number of thiazole rings is 1. The van der Waals surface area contributed by atoms with E-state index < -0.39 is 29.8 Å². The van der Waals surface area contributed by atoms with Crippen molar-refractivity contribution < 1.29 is 27.9 Å². The van der Waals surface area contributed by atoms with Crippen LogP contribution in [0.4, 0.5) is 13.2 Å². The van der Waals surface area contributed by atoms with Crippen LogP contribution in [0.2, 0.25) is 0 Å². The van der Waals surface area contributed by atoms with Crippen molar-refractivity contribution in [2.45, 2.75) is 44.8 Å². The number of aryl methyl sites for hydroxylation is 1. The molecule has 43 heavy (non-hydrogen) atoms. The van der Waals surface area contributed by atoms with Crippen LogP contribution in [0.15, 0.2) is 84.2 Å². The molecule has 2 unspecified atom stereocenters. The molecule has 2 atom stereocenters. The van der Waals surface area contributed by atoms with Crippen molar-refractivity contribution >= 4 is 23.2 Å². The molecule has 3 N–H and O–H groups in total. The topological polar surface area (TPSA) is 94.6 Å². The number of hydrogen-bond acceptors (Lipinski definition) is 6. The average Bonchev–Trinajstić information content (AvgIpc) is 3.40. The van der Waals surface area contributed by atoms with Gasteiger partial charge in [0.15, 0.2) is 0 Å². The predicted molar refractivity (Wildman–Crippen MR) is 160 cm³/mol. The molecule has 0 saturated carbocycles. The zero-order chi connectivity index (χ0) is 31.0. The van der Waals surface area contributed by atoms with Crippen molar-refractivity contribution in [3.05, 3.63) is 123 Å². The molecule has 2 amide bonds. The molecule has 3 aromatic carbocycles. The first-order valence-electron chi connectivity index (χ1n) is 13.7. The zero-order valence-electron chi connectivity index (χ0n) is 23.8. The van der Waals surface area contributed by atoms with Gasteiger partial charge in [-0.25, -0.2) is 4.98 Å². The number of amides is 2. The number of aliphatic hydroxyl groups excluding tert-OH is 1. The molecule has 0 radical (unpaired) electrons. The van der Waals surface area contributed by atoms with Crippen LogP contribution >= 0.6 is 11.3 Å². The van der Waals surface area contributed by atoms with Gasteiger partial charge < -0.3 is 20.6 Å². The lowest BCUT2D eigenvalue weighted by molar-refractivity contribution is -0.137. The number of halogens is 3. The van der Waals surface area contributed by atoms with E-state index in [1.807, 2.05) is 42.6 Å². The summed E-state index contributed by atoms with van der Waals surface area (Å²) in [4.78, 5) is 32.3. The number of rotatable bonds is 12. The summed E-state index contributed by atoms with van der Waals surface area (Å²) in [6, 6.07) is 19.9. The lowest BCUT2D eigenvalue weighted by Crippen LogP contribution is -2.48. The Morgan fingerprint density at radius 3 is 2.37 bits per heavy atom. The first-order chi connectivity index (χ1) is 20.5. The fourth-order valence-electron chi connectivity index (χ4n) is 4.53. The highest BCUT2D eigenvalue weighted by molar-refractivity contribution is 7.09. The second-order valence-corrected chi connectivity index (χ2v) is 11.2. The minimum absolute atomic E-state index is 0.0214. The molecule has 1 heterocycles. The Hall–Kier alpha value is -4.06. The van der Waals surface area contributed by atoms with Gasteiger partial charge in [0.1, 0.15) is 5.01 Å². The van der Waals surface area contributed by atoms with Gasteiger partial charge >= 0.3 is 6.18 Å². The van der Waals surface area contributed by atoms with Crippen LogP contribution in [0.3, 0.4) is 0 Å². The van der Waals surface area contributed by atoms with Gasteiger partial charge in [0.05, 0.1) is 24.3 Å². The van der Waals surface area contributed by atoms with Crippen molar-refractivity contribution in [2.75, 3.05) is 13.6 Å². The molecular weight excluding hydrogens is 577 g/mol. The third-order valence-electron chi connectivity index (χ3n) is 6.77. The summed E-state index contributed by atoms with van der Waals surface area (Å²) in [7, 11) is 1.67. The summed E-state index contributed by atoms with van der Waals surface area (Å²) in [5, 5.41) is 19.7. The molecule has 11 heteroatoms. The number of carbonyl (C=O) groups is 2. The Balaban J connectivity index is 1.42. The van der Waals surface area contributed by atoms with Gasteiger partial charge in [-0.05, 0) is 48.7 Å². The Labute approximate surface area is 252 Å². The van der Waals surface area contributed by atoms with Crippen LogP contribution in [-0.2, 0) is 25.7 Å². The maximum Gasteiger partial charge on any atom is 0.416 e. The number of alkyl halides is 3. The van der Waals surface area contributed by atoms with Crippen LogP contribution in [0.5, 0.6) is 0 Å². The molecule has 0 spiro atoms. The Bertz CT molecular complexity index is 1530. The van der Waals surface area contributed by atoms with Crippen LogP contribution in [-0.4, -0.2) is 52.5 Å². The van der Waals surface area contributed by atoms with Crippen molar-refractivity contribution in [1.82, 2.24) is 20.5 Å². The highest BCUT2D eigenvalue weighted by Gasteiger charge is 2.30. The molecule has 0 bridgehead atoms. The van der Waals surface area contributed by atoms with Crippen molar-refractivity contribution in [3.8, 4) is 0 Å². The van der Waals surface area contributed by atoms with Gasteiger partial charge in [-0.15, -0.1) is 11.3 Å². The summed E-state index contributed by atoms with van der Waals surface area (Å²) in [5.41, 5.74) is 2.04. The molecule has 0 aliphatic heterocycles. The second kappa shape index (κ2) is 14.4. The molecule has 226 valence electrons. The maximum atomic E-state index is 13.3. The van der Waals surface area contributed by atoms with E-state index in [0.717, 1.165) is 28.4 Å². The lowest BCUT2D eigenvalue weighted by atomic mass is 10.00. The van der Waals surface area contributed by atoms with Crippen molar-refractivity contribution in [3.63, 3.8) is 0 Å². The highest BCUT2D eigenvalue weighted by atomic mass is 32.1. The Morgan fingerprint density at radius 2 is 1.67 bits per heavy atom. The Morgan fingerprint density at radius 1 is 0.977 bits per heavy atom. The maximum absolute atomic E-state index is 13.3. The fraction of sp³-hybridized carbons (Fsp3) is 0.281. The van der Waals surface area contributed by atoms with Crippen LogP contribution in [0.1, 0.15) is 48.1 Å². The quantitative estimate of drug-likeness (QED) is 0.204. The molecule has 0 fully saturated rings. The minimum Gasteiger partial charge on any atom is -0.390 e. The summed E-state index contributed by atoms with van der Waals surface area (Å²) >= 11 is 1.47. The number of aromatic nitrogens is 1. The smallest absolute Gasteiger partial charge is 0.390 e. The van der Waals surface area contributed by atoms with Gasteiger partial charge in [-0.2, -0.15) is 13.2 Å². The highest BCUT2D eigenvalue weighted by Crippen LogP contribution is 2.29. The van der Waals surface area contributed by atoms with E-state index in [1.54, 1.807) is 31.3 Å². The standard InChI is InChI=1S/C32H33F3N4O3S/c1-21-20-43-29(37-21)19-39(2)31(42)25-12-7-11-24(16-25)30(41)38-27(15-22-8-4-3-5-9-22)28(40)18-36-17-23-10-6-13-26(14-23)32(33,34)35/h3-14,16,20,27-28,36,40H,15,17-19H2,1-2H3,(H,38,41). The third-order valence-corrected chi connectivity index (χ3v) is 7.73. The molecule has 4 rings (SSSR count). The molecule has 4 aromatic rings. The van der Waals surface area contributed by atoms with Crippen LogP contribution in [0.25, 0.3) is 0 Å². The van der Waals surface area contributed by atoms with Gasteiger partial charge in [-0.3, -0.25) is 9.59 Å². The van der Waals surface area contributed by atoms with E-state index in [1.165, 1.54) is 28.4 Å². The summed E-state index contributed by atoms with van der Waals surface area (Å²) < 4.78 is 39.2. The molecular formula is C32H33F3N4O3S. The fourth-order valence-corrected chi connectivity index (χ4v) is 5.36. The minimum atomic E-state index is -4.45. The first kappa shape index (κ1) is 31.9. The number of nitrogens with zero attached hydrogens (tertiary/aromatic N) is 2. The number of nitrogens with one attached hydrogen (secondary N) is 2. The number of hydrogen-bond donors (Lipinski definition) is 3. The third kappa shape index (κ3) is 9.21. The zero-order valence-corrected chi connectivity index (χ0v) is 24.6. The van der Waals surface area contributed by atoms with Gasteiger partial charge in [0, 0.05) is 42.3 Å². The van der Waals surface area contributed by atoms with Crippen molar-refractivity contribution in [1.29, 1.82) is 0 Å². The van der Waals surface area contributed by atoms with Gasteiger partial charge in [0.25, 0.3) is 11.8 Å². The number of aliphatic hydroxyl groups is 1. The average molecular weight is 611 g/mol. The van der Waals surface area contributed by atoms with E-state index in [-0.39, 0.29) is 24.6 Å². The summed E-state index contributed by atoms with van der Waals surface area (Å²) in [5.74, 6) is -0.729. The normalized spacial score (nSPS) is 12.9. The summed E-state index contributed by atoms with van der Waals surface area (Å²) in [6.07, 6.45) is -5.20. The second-order valence-electron chi connectivity index (χ2n) is 10.3. The largest absolute Gasteiger partial charge is 0.416 e. The molecule has 0 aliphatic rings. The van der Waals surface area contributed by atoms with Crippen LogP contribution < -0.4 is 10.6 Å². The SMILES string of the molecule is Cc1csc(CN(C)C(=O)c2cccc(C(=O)NC(Cc3ccccc3)C(O)CNCc3cccc(C(F)(F)F)c3)c2)n1.